The first-order valence-electron chi connectivity index (χ1n) is 11.9. The zero-order chi connectivity index (χ0) is 21.2. The Morgan fingerprint density at radius 3 is 1.77 bits per heavy atom. The van der Waals surface area contributed by atoms with E-state index < -0.39 is 5.60 Å². The summed E-state index contributed by atoms with van der Waals surface area (Å²) in [7, 11) is 0. The highest BCUT2D eigenvalue weighted by atomic mass is 16.3. The van der Waals surface area contributed by atoms with Gasteiger partial charge in [-0.25, -0.2) is 0 Å². The van der Waals surface area contributed by atoms with Gasteiger partial charge in [-0.3, -0.25) is 0 Å². The summed E-state index contributed by atoms with van der Waals surface area (Å²) >= 11 is 0. The second-order valence-corrected chi connectivity index (χ2v) is 9.84. The van der Waals surface area contributed by atoms with Crippen molar-refractivity contribution < 1.29 is 9.59 Å². The smallest absolute Gasteiger partial charge is 0.126 e. The van der Waals surface area contributed by atoms with Gasteiger partial charge in [0.05, 0.1) is 31.6 Å². The molecular weight excluding hydrogens is 378 g/mol. The number of benzene rings is 3. The van der Waals surface area contributed by atoms with E-state index in [1.807, 2.05) is 12.1 Å². The minimum absolute atomic E-state index is 0.0743. The summed E-state index contributed by atoms with van der Waals surface area (Å²) in [4.78, 5) is 0. The molecule has 0 aliphatic carbocycles. The van der Waals surface area contributed by atoms with Crippen LogP contribution in [-0.4, -0.2) is 35.8 Å². The van der Waals surface area contributed by atoms with Crippen molar-refractivity contribution in [1.29, 1.82) is 0 Å². The number of aryl methyl sites for hydroxylation is 1. The van der Waals surface area contributed by atoms with Crippen molar-refractivity contribution in [1.82, 2.24) is 0 Å². The Bertz CT molecular complexity index is 936. The maximum Gasteiger partial charge on any atom is 0.126 e. The first-order valence-corrected chi connectivity index (χ1v) is 11.9. The Kier molecular flexibility index (Phi) is 5.45. The molecule has 2 bridgehead atoms. The van der Waals surface area contributed by atoms with E-state index >= 15 is 0 Å². The third-order valence-corrected chi connectivity index (χ3v) is 8.11. The maximum atomic E-state index is 12.5. The number of piperidine rings is 1. The molecule has 2 nitrogen and oxygen atoms in total. The van der Waals surface area contributed by atoms with E-state index in [0.29, 0.717) is 0 Å². The summed E-state index contributed by atoms with van der Waals surface area (Å²) in [5, 5.41) is 12.5. The summed E-state index contributed by atoms with van der Waals surface area (Å²) in [6, 6.07) is 31.7. The average molecular weight is 413 g/mol. The fourth-order valence-electron chi connectivity index (χ4n) is 6.44. The number of rotatable bonds is 8. The summed E-state index contributed by atoms with van der Waals surface area (Å²) in [6.07, 6.45) is 5.89. The number of nitrogens with zero attached hydrogens (tertiary/aromatic N) is 1. The van der Waals surface area contributed by atoms with E-state index in [9.17, 15) is 5.11 Å². The van der Waals surface area contributed by atoms with Crippen LogP contribution in [-0.2, 0) is 12.0 Å². The maximum absolute atomic E-state index is 12.5. The zero-order valence-corrected chi connectivity index (χ0v) is 18.4. The van der Waals surface area contributed by atoms with Crippen LogP contribution in [0.5, 0.6) is 0 Å². The SMILES string of the molecule is OC(c1ccccc1)(c1ccccc1)C12CC[N+](CCCCc3ccccc3)(CC1)C2. The van der Waals surface area contributed by atoms with Gasteiger partial charge in [0.2, 0.25) is 0 Å². The molecule has 0 atom stereocenters. The lowest BCUT2D eigenvalue weighted by molar-refractivity contribution is -0.909. The summed E-state index contributed by atoms with van der Waals surface area (Å²) in [5.41, 5.74) is 2.55. The Balaban J connectivity index is 1.35. The highest BCUT2D eigenvalue weighted by Crippen LogP contribution is 2.58. The molecule has 2 heteroatoms. The number of quaternary nitrogens is 1. The predicted octanol–water partition coefficient (Wildman–Crippen LogP) is 5.56. The molecule has 2 aliphatic rings. The van der Waals surface area contributed by atoms with Gasteiger partial charge in [-0.05, 0) is 36.0 Å². The van der Waals surface area contributed by atoms with E-state index in [1.165, 1.54) is 48.9 Å². The van der Waals surface area contributed by atoms with Crippen LogP contribution in [0.2, 0.25) is 0 Å². The van der Waals surface area contributed by atoms with Gasteiger partial charge < -0.3 is 9.59 Å². The number of fused-ring (bicyclic) bond motifs is 2. The van der Waals surface area contributed by atoms with Gasteiger partial charge in [-0.2, -0.15) is 0 Å². The Hall–Kier alpha value is -2.42. The quantitative estimate of drug-likeness (QED) is 0.380. The van der Waals surface area contributed by atoms with E-state index in [4.69, 9.17) is 0 Å². The minimum Gasteiger partial charge on any atom is -0.380 e. The van der Waals surface area contributed by atoms with Gasteiger partial charge in [-0.15, -0.1) is 0 Å². The second-order valence-electron chi connectivity index (χ2n) is 9.84. The van der Waals surface area contributed by atoms with Gasteiger partial charge in [0.1, 0.15) is 5.60 Å². The molecule has 2 fully saturated rings. The molecule has 0 radical (unpaired) electrons. The molecule has 160 valence electrons. The van der Waals surface area contributed by atoms with Gasteiger partial charge in [0, 0.05) is 12.8 Å². The highest BCUT2D eigenvalue weighted by molar-refractivity contribution is 5.40. The summed E-state index contributed by atoms with van der Waals surface area (Å²) < 4.78 is 1.19. The molecule has 0 aromatic heterocycles. The topological polar surface area (TPSA) is 20.2 Å². The van der Waals surface area contributed by atoms with E-state index in [0.717, 1.165) is 30.5 Å². The molecule has 2 saturated heterocycles. The molecule has 5 rings (SSSR count). The lowest BCUT2D eigenvalue weighted by Crippen LogP contribution is -2.46. The van der Waals surface area contributed by atoms with E-state index in [2.05, 4.69) is 78.9 Å². The van der Waals surface area contributed by atoms with Crippen molar-refractivity contribution >= 4 is 0 Å². The van der Waals surface area contributed by atoms with Crippen LogP contribution < -0.4 is 0 Å². The van der Waals surface area contributed by atoms with E-state index in [1.54, 1.807) is 0 Å². The minimum atomic E-state index is -0.921. The molecule has 3 aromatic rings. The van der Waals surface area contributed by atoms with Crippen LogP contribution in [0.1, 0.15) is 42.4 Å². The van der Waals surface area contributed by atoms with E-state index in [-0.39, 0.29) is 5.41 Å². The largest absolute Gasteiger partial charge is 0.380 e. The number of hydrogen-bond donors (Lipinski definition) is 1. The standard InChI is InChI=1S/C29H34NO/c31-29(26-15-6-2-7-16-26,27-17-8-3-9-18-27)28-19-22-30(24-28,23-20-28)21-11-10-14-25-12-4-1-5-13-25/h1-9,12-13,15-18,31H,10-11,14,19-24H2/q+1. The van der Waals surface area contributed by atoms with Crippen molar-refractivity contribution in [3.05, 3.63) is 108 Å². The first-order chi connectivity index (χ1) is 15.2. The molecule has 3 aromatic carbocycles. The third kappa shape index (κ3) is 3.62. The Labute approximate surface area is 186 Å². The van der Waals surface area contributed by atoms with Crippen molar-refractivity contribution in [2.75, 3.05) is 26.2 Å². The van der Waals surface area contributed by atoms with Crippen LogP contribution in [0.4, 0.5) is 0 Å². The van der Waals surface area contributed by atoms with Crippen molar-refractivity contribution in [3.8, 4) is 0 Å². The number of unbranched alkanes of at least 4 members (excludes halogenated alkanes) is 1. The normalized spacial score (nSPS) is 25.1. The summed E-state index contributed by atoms with van der Waals surface area (Å²) in [6.45, 7) is 4.74. The molecule has 2 heterocycles. The van der Waals surface area contributed by atoms with Crippen LogP contribution in [0, 0.1) is 5.41 Å². The lowest BCUT2D eigenvalue weighted by Gasteiger charge is -2.42. The fourth-order valence-corrected chi connectivity index (χ4v) is 6.44. The van der Waals surface area contributed by atoms with Crippen LogP contribution in [0.25, 0.3) is 0 Å². The van der Waals surface area contributed by atoms with Crippen molar-refractivity contribution in [2.24, 2.45) is 5.41 Å². The van der Waals surface area contributed by atoms with Gasteiger partial charge in [0.15, 0.2) is 0 Å². The molecule has 0 amide bonds. The van der Waals surface area contributed by atoms with Gasteiger partial charge in [0.25, 0.3) is 0 Å². The summed E-state index contributed by atoms with van der Waals surface area (Å²) in [5.74, 6) is 0. The van der Waals surface area contributed by atoms with Crippen LogP contribution in [0.3, 0.4) is 0 Å². The molecule has 0 unspecified atom stereocenters. The lowest BCUT2D eigenvalue weighted by atomic mass is 9.63. The third-order valence-electron chi connectivity index (χ3n) is 8.11. The molecule has 0 saturated carbocycles. The molecular formula is C29H34NO+. The van der Waals surface area contributed by atoms with Crippen LogP contribution in [0.15, 0.2) is 91.0 Å². The zero-order valence-electron chi connectivity index (χ0n) is 18.4. The number of aliphatic hydroxyl groups is 1. The van der Waals surface area contributed by atoms with Crippen molar-refractivity contribution in [2.45, 2.75) is 37.7 Å². The molecule has 1 N–H and O–H groups in total. The van der Waals surface area contributed by atoms with Gasteiger partial charge in [-0.1, -0.05) is 91.0 Å². The Morgan fingerprint density at radius 2 is 1.23 bits per heavy atom. The monoisotopic (exact) mass is 412 g/mol. The molecule has 31 heavy (non-hydrogen) atoms. The average Bonchev–Trinajstić information content (AvgIpc) is 3.41. The second kappa shape index (κ2) is 8.26. The van der Waals surface area contributed by atoms with Crippen molar-refractivity contribution in [3.63, 3.8) is 0 Å². The first kappa shape index (κ1) is 20.5. The molecule has 0 spiro atoms. The highest BCUT2D eigenvalue weighted by Gasteiger charge is 2.65. The fraction of sp³-hybridized carbons (Fsp3) is 0.379. The van der Waals surface area contributed by atoms with Gasteiger partial charge >= 0.3 is 0 Å². The molecule has 2 aliphatic heterocycles. The van der Waals surface area contributed by atoms with Crippen LogP contribution >= 0.6 is 0 Å². The predicted molar refractivity (Wildman–Crippen MR) is 127 cm³/mol. The number of hydrogen-bond acceptors (Lipinski definition) is 1. The Morgan fingerprint density at radius 1 is 0.710 bits per heavy atom.